The number of rotatable bonds is 8. The third kappa shape index (κ3) is 4.68. The minimum absolute atomic E-state index is 0.0778. The van der Waals surface area contributed by atoms with Crippen LogP contribution >= 0.6 is 0 Å². The fourth-order valence-corrected chi connectivity index (χ4v) is 6.09. The van der Waals surface area contributed by atoms with Crippen molar-refractivity contribution in [2.45, 2.75) is 64.5 Å². The summed E-state index contributed by atoms with van der Waals surface area (Å²) >= 11 is 0. The molecule has 162 valence electrons. The van der Waals surface area contributed by atoms with Crippen molar-refractivity contribution in [2.75, 3.05) is 6.54 Å². The summed E-state index contributed by atoms with van der Waals surface area (Å²) in [6.07, 6.45) is 6.12. The Kier molecular flexibility index (Phi) is 6.11. The van der Waals surface area contributed by atoms with Crippen molar-refractivity contribution in [1.29, 1.82) is 0 Å². The second kappa shape index (κ2) is 8.78. The van der Waals surface area contributed by atoms with E-state index in [0.29, 0.717) is 24.3 Å². The van der Waals surface area contributed by atoms with Crippen molar-refractivity contribution in [3.63, 3.8) is 0 Å². The summed E-state index contributed by atoms with van der Waals surface area (Å²) in [4.78, 5) is 37.1. The topological polar surface area (TPSA) is 84.5 Å². The number of carbonyl (C=O) groups is 3. The molecule has 1 unspecified atom stereocenters. The monoisotopic (exact) mass is 412 g/mol. The number of hydrogen-bond donors (Lipinski definition) is 2. The third-order valence-electron chi connectivity index (χ3n) is 7.12. The molecule has 2 amide bonds. The average Bonchev–Trinajstić information content (AvgIpc) is 2.71. The van der Waals surface area contributed by atoms with E-state index in [0.717, 1.165) is 24.8 Å². The van der Waals surface area contributed by atoms with E-state index in [-0.39, 0.29) is 30.2 Å². The van der Waals surface area contributed by atoms with E-state index in [9.17, 15) is 14.4 Å². The molecule has 0 heterocycles. The fourth-order valence-electron chi connectivity index (χ4n) is 6.09. The predicted molar refractivity (Wildman–Crippen MR) is 112 cm³/mol. The molecule has 0 aliphatic heterocycles. The van der Waals surface area contributed by atoms with Crippen LogP contribution in [0.2, 0.25) is 0 Å². The Bertz CT molecular complexity index is 756. The summed E-state index contributed by atoms with van der Waals surface area (Å²) in [6.45, 7) is 2.21. The van der Waals surface area contributed by atoms with E-state index < -0.39 is 12.1 Å². The maximum atomic E-state index is 12.9. The zero-order valence-electron chi connectivity index (χ0n) is 17.7. The number of ether oxygens (including phenoxy) is 1. The molecule has 1 aromatic carbocycles. The first-order valence-corrected chi connectivity index (χ1v) is 11.2. The highest BCUT2D eigenvalue weighted by molar-refractivity contribution is 5.85. The van der Waals surface area contributed by atoms with Crippen molar-refractivity contribution in [3.8, 4) is 0 Å². The molecule has 0 aromatic heterocycles. The van der Waals surface area contributed by atoms with Crippen molar-refractivity contribution in [3.05, 3.63) is 35.9 Å². The predicted octanol–water partition coefficient (Wildman–Crippen LogP) is 2.96. The lowest BCUT2D eigenvalue weighted by Crippen LogP contribution is -2.53. The molecule has 5 rings (SSSR count). The minimum Gasteiger partial charge on any atom is -0.452 e. The number of amides is 2. The Morgan fingerprint density at radius 2 is 1.60 bits per heavy atom. The van der Waals surface area contributed by atoms with E-state index in [2.05, 4.69) is 10.6 Å². The van der Waals surface area contributed by atoms with Gasteiger partial charge in [0.05, 0.1) is 6.42 Å². The van der Waals surface area contributed by atoms with Gasteiger partial charge in [-0.1, -0.05) is 30.3 Å². The van der Waals surface area contributed by atoms with E-state index in [4.69, 9.17) is 4.74 Å². The first-order valence-electron chi connectivity index (χ1n) is 11.2. The van der Waals surface area contributed by atoms with Crippen LogP contribution in [0, 0.1) is 23.2 Å². The van der Waals surface area contributed by atoms with Crippen LogP contribution in [-0.4, -0.2) is 30.4 Å². The highest BCUT2D eigenvalue weighted by Gasteiger charge is 2.54. The highest BCUT2D eigenvalue weighted by Crippen LogP contribution is 2.60. The van der Waals surface area contributed by atoms with Gasteiger partial charge in [0.1, 0.15) is 0 Å². The molecule has 0 radical (unpaired) electrons. The molecule has 4 fully saturated rings. The summed E-state index contributed by atoms with van der Waals surface area (Å²) in [5.41, 5.74) is 0.778. The molecule has 6 heteroatoms. The van der Waals surface area contributed by atoms with Crippen LogP contribution in [0.15, 0.2) is 30.3 Å². The number of esters is 1. The van der Waals surface area contributed by atoms with E-state index in [1.807, 2.05) is 30.3 Å². The molecule has 0 saturated heterocycles. The van der Waals surface area contributed by atoms with Crippen LogP contribution in [0.4, 0.5) is 0 Å². The number of benzene rings is 1. The van der Waals surface area contributed by atoms with Crippen LogP contribution in [0.5, 0.6) is 0 Å². The van der Waals surface area contributed by atoms with Gasteiger partial charge in [0.2, 0.25) is 5.91 Å². The van der Waals surface area contributed by atoms with Crippen molar-refractivity contribution >= 4 is 17.8 Å². The maximum Gasteiger partial charge on any atom is 0.308 e. The molecule has 4 saturated carbocycles. The van der Waals surface area contributed by atoms with E-state index >= 15 is 0 Å². The van der Waals surface area contributed by atoms with Crippen LogP contribution in [-0.2, 0) is 25.7 Å². The number of carbonyl (C=O) groups excluding carboxylic acids is 3. The summed E-state index contributed by atoms with van der Waals surface area (Å²) in [5.74, 6) is 1.45. The van der Waals surface area contributed by atoms with Gasteiger partial charge in [-0.05, 0) is 68.8 Å². The van der Waals surface area contributed by atoms with Crippen LogP contribution in [0.25, 0.3) is 0 Å². The Labute approximate surface area is 178 Å². The lowest BCUT2D eigenvalue weighted by atomic mass is 9.49. The lowest BCUT2D eigenvalue weighted by Gasteiger charge is -2.55. The Hall–Kier alpha value is -2.37. The Morgan fingerprint density at radius 3 is 2.20 bits per heavy atom. The van der Waals surface area contributed by atoms with Gasteiger partial charge in [-0.25, -0.2) is 0 Å². The zero-order valence-corrected chi connectivity index (χ0v) is 17.7. The average molecular weight is 413 g/mol. The lowest BCUT2D eigenvalue weighted by molar-refractivity contribution is -0.155. The van der Waals surface area contributed by atoms with Crippen molar-refractivity contribution in [2.24, 2.45) is 23.2 Å². The molecule has 2 N–H and O–H groups in total. The Morgan fingerprint density at radius 1 is 1.00 bits per heavy atom. The fraction of sp³-hybridized carbons (Fsp3) is 0.625. The van der Waals surface area contributed by atoms with Crippen molar-refractivity contribution in [1.82, 2.24) is 10.6 Å². The van der Waals surface area contributed by atoms with Gasteiger partial charge in [0.25, 0.3) is 5.91 Å². The number of hydrogen-bond acceptors (Lipinski definition) is 4. The molecule has 1 aromatic rings. The first kappa shape index (κ1) is 20.9. The van der Waals surface area contributed by atoms with Crippen LogP contribution in [0.1, 0.15) is 57.4 Å². The summed E-state index contributed by atoms with van der Waals surface area (Å²) in [5, 5.41) is 5.75. The van der Waals surface area contributed by atoms with Gasteiger partial charge >= 0.3 is 5.97 Å². The molecule has 4 bridgehead atoms. The van der Waals surface area contributed by atoms with Crippen LogP contribution in [0.3, 0.4) is 0 Å². The smallest absolute Gasteiger partial charge is 0.308 e. The quantitative estimate of drug-likeness (QED) is 0.643. The molecular weight excluding hydrogens is 380 g/mol. The summed E-state index contributed by atoms with van der Waals surface area (Å²) in [6, 6.07) is 9.57. The van der Waals surface area contributed by atoms with Gasteiger partial charge in [-0.2, -0.15) is 0 Å². The molecule has 6 nitrogen and oxygen atoms in total. The first-order chi connectivity index (χ1) is 14.4. The van der Waals surface area contributed by atoms with Gasteiger partial charge < -0.3 is 15.4 Å². The Balaban J connectivity index is 1.17. The van der Waals surface area contributed by atoms with Gasteiger partial charge in [-0.15, -0.1) is 0 Å². The molecular formula is C24H32N2O4. The molecule has 4 aliphatic rings. The minimum atomic E-state index is -0.861. The standard InChI is InChI=1S/C24H32N2O4/c1-16(22(28)26-15-17-5-3-2-4-6-17)30-21(27)7-8-25-23(29)24-12-18-9-19(13-24)11-20(10-18)14-24/h2-6,16,18-20H,7-15H2,1H3,(H,25,29)(H,26,28). The normalized spacial score (nSPS) is 29.8. The second-order valence-electron chi connectivity index (χ2n) is 9.54. The van der Waals surface area contributed by atoms with E-state index in [1.165, 1.54) is 19.3 Å². The largest absolute Gasteiger partial charge is 0.452 e. The highest BCUT2D eigenvalue weighted by atomic mass is 16.5. The zero-order chi connectivity index (χ0) is 21.1. The second-order valence-corrected chi connectivity index (χ2v) is 9.54. The van der Waals surface area contributed by atoms with Gasteiger partial charge in [0, 0.05) is 18.5 Å². The van der Waals surface area contributed by atoms with E-state index in [1.54, 1.807) is 6.92 Å². The summed E-state index contributed by atoms with van der Waals surface area (Å²) in [7, 11) is 0. The van der Waals surface area contributed by atoms with Gasteiger partial charge in [-0.3, -0.25) is 14.4 Å². The SMILES string of the molecule is CC(OC(=O)CCNC(=O)C12CC3CC(CC(C3)C1)C2)C(=O)NCc1ccccc1. The number of nitrogens with one attached hydrogen (secondary N) is 2. The molecule has 0 spiro atoms. The molecule has 4 aliphatic carbocycles. The maximum absolute atomic E-state index is 12.9. The van der Waals surface area contributed by atoms with Gasteiger partial charge in [0.15, 0.2) is 6.10 Å². The third-order valence-corrected chi connectivity index (χ3v) is 7.12. The molecule has 1 atom stereocenters. The van der Waals surface area contributed by atoms with Crippen LogP contribution < -0.4 is 10.6 Å². The molecule has 30 heavy (non-hydrogen) atoms. The van der Waals surface area contributed by atoms with Crippen molar-refractivity contribution < 1.29 is 19.1 Å². The summed E-state index contributed by atoms with van der Waals surface area (Å²) < 4.78 is 5.23.